The molecule has 0 unspecified atom stereocenters. The van der Waals surface area contributed by atoms with E-state index in [0.29, 0.717) is 30.3 Å². The number of amides is 1. The molecule has 0 radical (unpaired) electrons. The molecular formula is C22H26FNO3. The van der Waals surface area contributed by atoms with Crippen LogP contribution in [0.1, 0.15) is 31.4 Å². The minimum absolute atomic E-state index is 0.206. The van der Waals surface area contributed by atoms with Gasteiger partial charge >= 0.3 is 0 Å². The highest BCUT2D eigenvalue weighted by Gasteiger charge is 2.09. The number of benzene rings is 2. The normalized spacial score (nSPS) is 10.8. The summed E-state index contributed by atoms with van der Waals surface area (Å²) in [5.41, 5.74) is 1.31. The van der Waals surface area contributed by atoms with E-state index in [4.69, 9.17) is 9.47 Å². The number of carbonyl (C=O) groups excluding carboxylic acids is 1. The van der Waals surface area contributed by atoms with Gasteiger partial charge < -0.3 is 14.4 Å². The van der Waals surface area contributed by atoms with E-state index in [9.17, 15) is 9.18 Å². The summed E-state index contributed by atoms with van der Waals surface area (Å²) in [6, 6.07) is 12.0. The summed E-state index contributed by atoms with van der Waals surface area (Å²) < 4.78 is 25.0. The van der Waals surface area contributed by atoms with Crippen LogP contribution in [0.5, 0.6) is 11.5 Å². The molecule has 0 aliphatic carbocycles. The molecule has 2 rings (SSSR count). The van der Waals surface area contributed by atoms with Crippen LogP contribution in [0.2, 0.25) is 0 Å². The number of nitrogens with zero attached hydrogens (tertiary/aromatic N) is 1. The van der Waals surface area contributed by atoms with Crippen molar-refractivity contribution in [1.82, 2.24) is 4.90 Å². The third-order valence-electron chi connectivity index (χ3n) is 3.89. The molecule has 0 atom stereocenters. The monoisotopic (exact) mass is 371 g/mol. The van der Waals surface area contributed by atoms with Gasteiger partial charge in [-0.05, 0) is 43.2 Å². The quantitative estimate of drug-likeness (QED) is 0.601. The smallest absolute Gasteiger partial charge is 0.246 e. The molecule has 0 aliphatic rings. The molecule has 2 aromatic carbocycles. The van der Waals surface area contributed by atoms with Crippen LogP contribution in [0.3, 0.4) is 0 Å². The Labute approximate surface area is 160 Å². The first-order chi connectivity index (χ1) is 13.0. The van der Waals surface area contributed by atoms with Gasteiger partial charge in [0.05, 0.1) is 13.2 Å². The lowest BCUT2D eigenvalue weighted by molar-refractivity contribution is -0.125. The fraction of sp³-hybridized carbons (Fsp3) is 0.318. The Hall–Kier alpha value is -2.82. The number of rotatable bonds is 9. The van der Waals surface area contributed by atoms with E-state index in [1.54, 1.807) is 31.3 Å². The van der Waals surface area contributed by atoms with Gasteiger partial charge in [-0.2, -0.15) is 0 Å². The molecule has 144 valence electrons. The molecule has 0 saturated heterocycles. The number of hydrogen-bond acceptors (Lipinski definition) is 3. The van der Waals surface area contributed by atoms with E-state index < -0.39 is 0 Å². The van der Waals surface area contributed by atoms with E-state index in [-0.39, 0.29) is 18.3 Å². The standard InChI is InChI=1S/C22H26FNO3/c1-4-14-27-20-12-10-17(15-21(20)26-5-2)11-13-22(25)24(3)16-18-8-6-7-9-19(18)23/h6-13,15H,4-5,14,16H2,1-3H3/b13-11+. The van der Waals surface area contributed by atoms with Crippen molar-refractivity contribution in [3.05, 3.63) is 65.5 Å². The van der Waals surface area contributed by atoms with Gasteiger partial charge in [-0.1, -0.05) is 31.2 Å². The average Bonchev–Trinajstić information content (AvgIpc) is 2.67. The topological polar surface area (TPSA) is 38.8 Å². The maximum absolute atomic E-state index is 13.7. The van der Waals surface area contributed by atoms with Crippen molar-refractivity contribution in [3.8, 4) is 11.5 Å². The van der Waals surface area contributed by atoms with Gasteiger partial charge in [-0.25, -0.2) is 4.39 Å². The largest absolute Gasteiger partial charge is 0.490 e. The Morgan fingerprint density at radius 1 is 1.11 bits per heavy atom. The van der Waals surface area contributed by atoms with Gasteiger partial charge in [0.2, 0.25) is 5.91 Å². The van der Waals surface area contributed by atoms with Gasteiger partial charge in [-0.15, -0.1) is 0 Å². The van der Waals surface area contributed by atoms with Crippen LogP contribution < -0.4 is 9.47 Å². The molecule has 4 nitrogen and oxygen atoms in total. The number of hydrogen-bond donors (Lipinski definition) is 0. The van der Waals surface area contributed by atoms with Gasteiger partial charge in [0.1, 0.15) is 5.82 Å². The van der Waals surface area contributed by atoms with E-state index in [1.165, 1.54) is 17.0 Å². The Balaban J connectivity index is 2.06. The molecule has 27 heavy (non-hydrogen) atoms. The molecular weight excluding hydrogens is 345 g/mol. The van der Waals surface area contributed by atoms with Gasteiger partial charge in [0.25, 0.3) is 0 Å². The van der Waals surface area contributed by atoms with Crippen molar-refractivity contribution in [2.45, 2.75) is 26.8 Å². The van der Waals surface area contributed by atoms with Crippen LogP contribution >= 0.6 is 0 Å². The molecule has 0 fully saturated rings. The van der Waals surface area contributed by atoms with Crippen molar-refractivity contribution in [1.29, 1.82) is 0 Å². The molecule has 0 saturated carbocycles. The van der Waals surface area contributed by atoms with Crippen molar-refractivity contribution >= 4 is 12.0 Å². The summed E-state index contributed by atoms with van der Waals surface area (Å²) in [7, 11) is 1.65. The second-order valence-electron chi connectivity index (χ2n) is 6.11. The molecule has 1 amide bonds. The second kappa shape index (κ2) is 10.4. The lowest BCUT2D eigenvalue weighted by Crippen LogP contribution is -2.24. The van der Waals surface area contributed by atoms with Gasteiger partial charge in [0.15, 0.2) is 11.5 Å². The Bertz CT molecular complexity index is 789. The lowest BCUT2D eigenvalue weighted by atomic mass is 10.1. The van der Waals surface area contributed by atoms with Crippen LogP contribution in [-0.2, 0) is 11.3 Å². The number of likely N-dealkylation sites (N-methyl/N-ethyl adjacent to an activating group) is 1. The van der Waals surface area contributed by atoms with E-state index in [2.05, 4.69) is 0 Å². The van der Waals surface area contributed by atoms with E-state index >= 15 is 0 Å². The summed E-state index contributed by atoms with van der Waals surface area (Å²) in [6.07, 6.45) is 4.10. The zero-order valence-electron chi connectivity index (χ0n) is 16.1. The van der Waals surface area contributed by atoms with Crippen LogP contribution in [0, 0.1) is 5.82 Å². The second-order valence-corrected chi connectivity index (χ2v) is 6.11. The first-order valence-electron chi connectivity index (χ1n) is 9.11. The predicted octanol–water partition coefficient (Wildman–Crippen LogP) is 4.69. The van der Waals surface area contributed by atoms with Crippen molar-refractivity contribution in [2.75, 3.05) is 20.3 Å². The highest BCUT2D eigenvalue weighted by molar-refractivity contribution is 5.91. The van der Waals surface area contributed by atoms with Crippen LogP contribution in [-0.4, -0.2) is 31.1 Å². The van der Waals surface area contributed by atoms with Crippen LogP contribution in [0.4, 0.5) is 4.39 Å². The van der Waals surface area contributed by atoms with Crippen molar-refractivity contribution < 1.29 is 18.7 Å². The molecule has 0 aliphatic heterocycles. The molecule has 0 aromatic heterocycles. The highest BCUT2D eigenvalue weighted by atomic mass is 19.1. The van der Waals surface area contributed by atoms with Crippen LogP contribution in [0.25, 0.3) is 6.08 Å². The summed E-state index contributed by atoms with van der Waals surface area (Å²) in [5, 5.41) is 0. The number of carbonyl (C=O) groups is 1. The zero-order valence-corrected chi connectivity index (χ0v) is 16.1. The third kappa shape index (κ3) is 6.13. The summed E-state index contributed by atoms with van der Waals surface area (Å²) in [6.45, 7) is 5.31. The predicted molar refractivity (Wildman–Crippen MR) is 105 cm³/mol. The fourth-order valence-corrected chi connectivity index (χ4v) is 2.48. The Morgan fingerprint density at radius 3 is 2.59 bits per heavy atom. The number of halogens is 1. The summed E-state index contributed by atoms with van der Waals surface area (Å²) in [4.78, 5) is 13.8. The van der Waals surface area contributed by atoms with Crippen molar-refractivity contribution in [3.63, 3.8) is 0 Å². The zero-order chi connectivity index (χ0) is 19.6. The van der Waals surface area contributed by atoms with Crippen molar-refractivity contribution in [2.24, 2.45) is 0 Å². The third-order valence-corrected chi connectivity index (χ3v) is 3.89. The van der Waals surface area contributed by atoms with E-state index in [0.717, 1.165) is 12.0 Å². The average molecular weight is 371 g/mol. The minimum Gasteiger partial charge on any atom is -0.490 e. The molecule has 0 N–H and O–H groups in total. The Kier molecular flexibility index (Phi) is 7.86. The molecule has 2 aromatic rings. The summed E-state index contributed by atoms with van der Waals surface area (Å²) in [5.74, 6) is 0.826. The molecule has 0 bridgehead atoms. The first kappa shape index (κ1) is 20.5. The minimum atomic E-state index is -0.315. The maximum atomic E-state index is 13.7. The molecule has 0 spiro atoms. The lowest BCUT2D eigenvalue weighted by Gasteiger charge is -2.15. The Morgan fingerprint density at radius 2 is 1.89 bits per heavy atom. The molecule has 0 heterocycles. The first-order valence-corrected chi connectivity index (χ1v) is 9.11. The van der Waals surface area contributed by atoms with Crippen LogP contribution in [0.15, 0.2) is 48.5 Å². The summed E-state index contributed by atoms with van der Waals surface area (Å²) >= 11 is 0. The van der Waals surface area contributed by atoms with Gasteiger partial charge in [-0.3, -0.25) is 4.79 Å². The van der Waals surface area contributed by atoms with Gasteiger partial charge in [0, 0.05) is 25.2 Å². The highest BCUT2D eigenvalue weighted by Crippen LogP contribution is 2.29. The maximum Gasteiger partial charge on any atom is 0.246 e. The van der Waals surface area contributed by atoms with E-state index in [1.807, 2.05) is 32.0 Å². The number of ether oxygens (including phenoxy) is 2. The SMILES string of the molecule is CCCOc1ccc(/C=C/C(=O)N(C)Cc2ccccc2F)cc1OCC. The molecule has 5 heteroatoms. The fourth-order valence-electron chi connectivity index (χ4n) is 2.48.